The number of rotatable bonds is 3. The molecule has 0 radical (unpaired) electrons. The molecule has 1 aromatic heterocycles. The van der Waals surface area contributed by atoms with E-state index in [0.717, 1.165) is 11.3 Å². The number of ketones is 1. The quantitative estimate of drug-likeness (QED) is 0.861. The first kappa shape index (κ1) is 14.5. The van der Waals surface area contributed by atoms with Crippen molar-refractivity contribution in [1.29, 1.82) is 10.5 Å². The monoisotopic (exact) mass is 305 g/mol. The summed E-state index contributed by atoms with van der Waals surface area (Å²) in [4.78, 5) is 27.6. The number of Topliss-reactive ketones (excluding diaryl/α,β-unsaturated/α-hetero) is 1. The van der Waals surface area contributed by atoms with E-state index < -0.39 is 0 Å². The van der Waals surface area contributed by atoms with Crippen LogP contribution < -0.4 is 5.32 Å². The fourth-order valence-electron chi connectivity index (χ4n) is 2.50. The molecule has 0 fully saturated rings. The van der Waals surface area contributed by atoms with Gasteiger partial charge in [-0.2, -0.15) is 10.5 Å². The van der Waals surface area contributed by atoms with Crippen molar-refractivity contribution in [2.24, 2.45) is 0 Å². The van der Waals surface area contributed by atoms with Crippen molar-refractivity contribution in [1.82, 2.24) is 9.55 Å². The summed E-state index contributed by atoms with van der Waals surface area (Å²) < 4.78 is 1.36. The highest BCUT2D eigenvalue weighted by molar-refractivity contribution is 5.99. The van der Waals surface area contributed by atoms with Gasteiger partial charge in [0.05, 0.1) is 12.9 Å². The lowest BCUT2D eigenvalue weighted by Crippen LogP contribution is -2.19. The molecule has 2 aromatic rings. The molecule has 2 heterocycles. The maximum Gasteiger partial charge on any atom is 0.224 e. The van der Waals surface area contributed by atoms with E-state index in [0.29, 0.717) is 18.4 Å². The smallest absolute Gasteiger partial charge is 0.224 e. The van der Waals surface area contributed by atoms with Gasteiger partial charge in [0.2, 0.25) is 5.91 Å². The van der Waals surface area contributed by atoms with Crippen LogP contribution >= 0.6 is 0 Å². The third-order valence-electron chi connectivity index (χ3n) is 3.69. The third kappa shape index (κ3) is 2.68. The standard InChI is InChI=1S/C16H11N5O2/c17-6-13-14(7-18)21(9-19-13)8-15(22)11-1-3-12-10(5-11)2-4-16(23)20-12/h1,3,5,9H,2,4,8H2,(H,20,23). The van der Waals surface area contributed by atoms with Crippen LogP contribution in [0.5, 0.6) is 0 Å². The van der Waals surface area contributed by atoms with Gasteiger partial charge < -0.3 is 9.88 Å². The van der Waals surface area contributed by atoms with Crippen molar-refractivity contribution in [3.05, 3.63) is 47.0 Å². The summed E-state index contributed by atoms with van der Waals surface area (Å²) in [5.41, 5.74) is 2.22. The first-order valence-corrected chi connectivity index (χ1v) is 6.93. The number of benzene rings is 1. The highest BCUT2D eigenvalue weighted by atomic mass is 16.1. The van der Waals surface area contributed by atoms with E-state index in [2.05, 4.69) is 10.3 Å². The summed E-state index contributed by atoms with van der Waals surface area (Å²) in [6.07, 6.45) is 2.30. The number of carbonyl (C=O) groups is 2. The number of hydrogen-bond acceptors (Lipinski definition) is 5. The Morgan fingerprint density at radius 3 is 2.87 bits per heavy atom. The van der Waals surface area contributed by atoms with Crippen LogP contribution in [0.15, 0.2) is 24.5 Å². The number of anilines is 1. The van der Waals surface area contributed by atoms with Crippen molar-refractivity contribution in [3.8, 4) is 12.1 Å². The molecule has 0 atom stereocenters. The minimum Gasteiger partial charge on any atom is -0.326 e. The van der Waals surface area contributed by atoms with Crippen molar-refractivity contribution in [3.63, 3.8) is 0 Å². The molecule has 3 rings (SSSR count). The summed E-state index contributed by atoms with van der Waals surface area (Å²) in [5, 5.41) is 20.7. The van der Waals surface area contributed by atoms with Crippen molar-refractivity contribution in [2.45, 2.75) is 19.4 Å². The normalized spacial score (nSPS) is 12.7. The molecule has 0 spiro atoms. The van der Waals surface area contributed by atoms with Crippen molar-refractivity contribution < 1.29 is 9.59 Å². The highest BCUT2D eigenvalue weighted by Gasteiger charge is 2.18. The average Bonchev–Trinajstić information content (AvgIpc) is 2.95. The molecule has 0 saturated carbocycles. The second-order valence-corrected chi connectivity index (χ2v) is 5.14. The molecule has 7 heteroatoms. The molecule has 0 unspecified atom stereocenters. The molecule has 1 aliphatic rings. The Morgan fingerprint density at radius 2 is 2.13 bits per heavy atom. The second kappa shape index (κ2) is 5.74. The van der Waals surface area contributed by atoms with Gasteiger partial charge in [0.25, 0.3) is 0 Å². The lowest BCUT2D eigenvalue weighted by atomic mass is 9.99. The fraction of sp³-hybridized carbons (Fsp3) is 0.188. The number of hydrogen-bond donors (Lipinski definition) is 1. The molecule has 0 saturated heterocycles. The van der Waals surface area contributed by atoms with Crippen LogP contribution in [0.1, 0.15) is 33.7 Å². The molecule has 0 bridgehead atoms. The Morgan fingerprint density at radius 1 is 1.30 bits per heavy atom. The maximum absolute atomic E-state index is 12.4. The summed E-state index contributed by atoms with van der Waals surface area (Å²) in [6.45, 7) is -0.0667. The van der Waals surface area contributed by atoms with E-state index >= 15 is 0 Å². The van der Waals surface area contributed by atoms with Gasteiger partial charge in [0.15, 0.2) is 17.2 Å². The topological polar surface area (TPSA) is 112 Å². The van der Waals surface area contributed by atoms with Gasteiger partial charge in [0, 0.05) is 17.7 Å². The number of carbonyl (C=O) groups excluding carboxylic acids is 2. The van der Waals surface area contributed by atoms with Gasteiger partial charge in [-0.05, 0) is 30.2 Å². The van der Waals surface area contributed by atoms with Gasteiger partial charge in [-0.3, -0.25) is 9.59 Å². The maximum atomic E-state index is 12.4. The Labute approximate surface area is 131 Å². The summed E-state index contributed by atoms with van der Waals surface area (Å²) in [5.74, 6) is -0.222. The van der Waals surface area contributed by atoms with Crippen molar-refractivity contribution >= 4 is 17.4 Å². The molecular weight excluding hydrogens is 294 g/mol. The minimum absolute atomic E-state index is 0.00783. The minimum atomic E-state index is -0.192. The van der Waals surface area contributed by atoms with Crippen LogP contribution in [0.4, 0.5) is 5.69 Å². The Kier molecular flexibility index (Phi) is 3.62. The van der Waals surface area contributed by atoms with Crippen LogP contribution in [-0.2, 0) is 17.8 Å². The van der Waals surface area contributed by atoms with Gasteiger partial charge >= 0.3 is 0 Å². The van der Waals surface area contributed by atoms with Gasteiger partial charge in [0.1, 0.15) is 12.1 Å². The zero-order chi connectivity index (χ0) is 16.4. The Balaban J connectivity index is 1.85. The van der Waals surface area contributed by atoms with E-state index in [4.69, 9.17) is 10.5 Å². The average molecular weight is 305 g/mol. The summed E-state index contributed by atoms with van der Waals surface area (Å²) in [6, 6.07) is 8.81. The van der Waals surface area contributed by atoms with Crippen LogP contribution in [0.2, 0.25) is 0 Å². The number of aromatic nitrogens is 2. The number of nitrogens with one attached hydrogen (secondary N) is 1. The SMILES string of the molecule is N#Cc1ncn(CC(=O)c2ccc3c(c2)CCC(=O)N3)c1C#N. The Hall–Kier alpha value is -3.45. The second-order valence-electron chi connectivity index (χ2n) is 5.14. The van der Waals surface area contributed by atoms with E-state index in [1.165, 1.54) is 10.9 Å². The lowest BCUT2D eigenvalue weighted by Gasteiger charge is -2.17. The summed E-state index contributed by atoms with van der Waals surface area (Å²) in [7, 11) is 0. The number of amides is 1. The van der Waals surface area contributed by atoms with E-state index in [1.807, 2.05) is 12.1 Å². The van der Waals surface area contributed by atoms with Gasteiger partial charge in [-0.15, -0.1) is 0 Å². The number of nitrogens with zero attached hydrogens (tertiary/aromatic N) is 4. The van der Waals surface area contributed by atoms with Crippen LogP contribution in [0.25, 0.3) is 0 Å². The van der Waals surface area contributed by atoms with E-state index in [-0.39, 0.29) is 29.6 Å². The number of aryl methyl sites for hydroxylation is 1. The Bertz CT molecular complexity index is 898. The predicted molar refractivity (Wildman–Crippen MR) is 79.4 cm³/mol. The predicted octanol–water partition coefficient (Wildman–Crippen LogP) is 1.39. The molecule has 1 aromatic carbocycles. The first-order chi connectivity index (χ1) is 11.1. The number of nitriles is 2. The highest BCUT2D eigenvalue weighted by Crippen LogP contribution is 2.24. The molecule has 1 amide bonds. The van der Waals surface area contributed by atoms with Crippen molar-refractivity contribution in [2.75, 3.05) is 5.32 Å². The number of imidazole rings is 1. The van der Waals surface area contributed by atoms with E-state index in [9.17, 15) is 9.59 Å². The first-order valence-electron chi connectivity index (χ1n) is 6.93. The van der Waals surface area contributed by atoms with Crippen LogP contribution in [-0.4, -0.2) is 21.2 Å². The molecule has 112 valence electrons. The molecule has 1 aliphatic heterocycles. The molecular formula is C16H11N5O2. The zero-order valence-electron chi connectivity index (χ0n) is 12.0. The molecule has 1 N–H and O–H groups in total. The van der Waals surface area contributed by atoms with Crippen LogP contribution in [0, 0.1) is 22.7 Å². The van der Waals surface area contributed by atoms with Gasteiger partial charge in [-0.25, -0.2) is 4.98 Å². The zero-order valence-corrected chi connectivity index (χ0v) is 12.0. The number of fused-ring (bicyclic) bond motifs is 1. The molecule has 7 nitrogen and oxygen atoms in total. The largest absolute Gasteiger partial charge is 0.326 e. The lowest BCUT2D eigenvalue weighted by molar-refractivity contribution is -0.116. The molecule has 23 heavy (non-hydrogen) atoms. The summed E-state index contributed by atoms with van der Waals surface area (Å²) >= 11 is 0. The third-order valence-corrected chi connectivity index (χ3v) is 3.69. The van der Waals surface area contributed by atoms with Crippen LogP contribution in [0.3, 0.4) is 0 Å². The van der Waals surface area contributed by atoms with Gasteiger partial charge in [-0.1, -0.05) is 0 Å². The molecule has 0 aliphatic carbocycles. The van der Waals surface area contributed by atoms with E-state index in [1.54, 1.807) is 18.2 Å². The fourth-order valence-corrected chi connectivity index (χ4v) is 2.50.